The van der Waals surface area contributed by atoms with Gasteiger partial charge in [0.1, 0.15) is 6.04 Å². The maximum Gasteiger partial charge on any atom is 0.338 e. The van der Waals surface area contributed by atoms with Crippen LogP contribution in [0.1, 0.15) is 34.2 Å². The van der Waals surface area contributed by atoms with E-state index in [0.29, 0.717) is 18.4 Å². The average Bonchev–Trinajstić information content (AvgIpc) is 3.11. The summed E-state index contributed by atoms with van der Waals surface area (Å²) < 4.78 is 0. The number of thiophene rings is 2. The first kappa shape index (κ1) is 18.0. The molecule has 1 aliphatic carbocycles. The lowest BCUT2D eigenvalue weighted by Gasteiger charge is -2.34. The molecular formula is C20H22N3O3S2+. The molecule has 4 amide bonds. The van der Waals surface area contributed by atoms with Crippen LogP contribution in [0.3, 0.4) is 0 Å². The van der Waals surface area contributed by atoms with Crippen LogP contribution in [-0.2, 0) is 22.4 Å². The minimum absolute atomic E-state index is 0.260. The standard InChI is InChI=1S/C20H21N3O3S2/c24-18-19(25)23(20(26)22(18)9-5-14-2-1-10-27-14)12-21-8-6-16-15(7-11-28-16)17(21)13-3-4-13/h1-2,7,10-11,13,17H,3-6,8-9,12H2/p+1/t17-/m0/s1. The molecular weight excluding hydrogens is 394 g/mol. The lowest BCUT2D eigenvalue weighted by Crippen LogP contribution is -3.15. The Labute approximate surface area is 171 Å². The smallest absolute Gasteiger partial charge is 0.311 e. The number of nitrogens with zero attached hydrogens (tertiary/aromatic N) is 2. The molecule has 2 aromatic heterocycles. The Bertz CT molecular complexity index is 919. The van der Waals surface area contributed by atoms with E-state index < -0.39 is 17.8 Å². The van der Waals surface area contributed by atoms with Gasteiger partial charge >= 0.3 is 17.8 Å². The highest BCUT2D eigenvalue weighted by molar-refractivity contribution is 7.10. The zero-order valence-corrected chi connectivity index (χ0v) is 17.1. The second-order valence-corrected chi connectivity index (χ2v) is 9.77. The molecule has 0 bridgehead atoms. The van der Waals surface area contributed by atoms with Gasteiger partial charge in [-0.1, -0.05) is 6.07 Å². The molecule has 2 aromatic rings. The Morgan fingerprint density at radius 3 is 2.61 bits per heavy atom. The Morgan fingerprint density at radius 1 is 1.04 bits per heavy atom. The van der Waals surface area contributed by atoms with Crippen molar-refractivity contribution in [3.8, 4) is 0 Å². The van der Waals surface area contributed by atoms with Crippen LogP contribution in [0.2, 0.25) is 0 Å². The summed E-state index contributed by atoms with van der Waals surface area (Å²) in [7, 11) is 0. The van der Waals surface area contributed by atoms with Crippen molar-refractivity contribution in [2.24, 2.45) is 5.92 Å². The maximum absolute atomic E-state index is 12.8. The number of amides is 4. The summed E-state index contributed by atoms with van der Waals surface area (Å²) in [5.41, 5.74) is 1.38. The van der Waals surface area contributed by atoms with Crippen LogP contribution in [0, 0.1) is 5.92 Å². The van der Waals surface area contributed by atoms with E-state index in [2.05, 4.69) is 11.4 Å². The summed E-state index contributed by atoms with van der Waals surface area (Å²) in [5.74, 6) is -0.728. The lowest BCUT2D eigenvalue weighted by atomic mass is 9.96. The topological polar surface area (TPSA) is 62.1 Å². The molecule has 28 heavy (non-hydrogen) atoms. The number of carbonyl (C=O) groups excluding carboxylic acids is 3. The molecule has 0 aromatic carbocycles. The second kappa shape index (κ2) is 7.09. The molecule has 6 nitrogen and oxygen atoms in total. The third-order valence-corrected chi connectivity index (χ3v) is 7.91. The first-order valence-corrected chi connectivity index (χ1v) is 11.5. The van der Waals surface area contributed by atoms with E-state index in [4.69, 9.17) is 0 Å². The van der Waals surface area contributed by atoms with Gasteiger partial charge < -0.3 is 4.90 Å². The minimum Gasteiger partial charge on any atom is -0.311 e. The third-order valence-electron chi connectivity index (χ3n) is 5.98. The average molecular weight is 417 g/mol. The summed E-state index contributed by atoms with van der Waals surface area (Å²) in [6.45, 7) is 1.45. The molecule has 2 atom stereocenters. The Kier molecular flexibility index (Phi) is 4.57. The van der Waals surface area contributed by atoms with E-state index >= 15 is 0 Å². The molecule has 8 heteroatoms. The van der Waals surface area contributed by atoms with Crippen molar-refractivity contribution in [2.45, 2.75) is 31.7 Å². The number of hydrogen-bond donors (Lipinski definition) is 1. The SMILES string of the molecule is O=C1C(=O)N(C[NH+]2CCc3sccc3[C@@H]2C2CC2)C(=O)N1CCc1cccs1. The molecule has 1 saturated heterocycles. The van der Waals surface area contributed by atoms with Gasteiger partial charge in [0, 0.05) is 40.6 Å². The van der Waals surface area contributed by atoms with Crippen LogP contribution < -0.4 is 4.90 Å². The molecule has 0 spiro atoms. The van der Waals surface area contributed by atoms with Gasteiger partial charge in [0.15, 0.2) is 6.67 Å². The highest BCUT2D eigenvalue weighted by atomic mass is 32.1. The summed E-state index contributed by atoms with van der Waals surface area (Å²) in [4.78, 5) is 43.9. The van der Waals surface area contributed by atoms with Crippen molar-refractivity contribution < 1.29 is 19.3 Å². The van der Waals surface area contributed by atoms with Gasteiger partial charge in [0.05, 0.1) is 6.54 Å². The number of fused-ring (bicyclic) bond motifs is 1. The van der Waals surface area contributed by atoms with Gasteiger partial charge in [-0.3, -0.25) is 14.5 Å². The van der Waals surface area contributed by atoms with E-state index in [0.717, 1.165) is 22.7 Å². The van der Waals surface area contributed by atoms with Gasteiger partial charge in [-0.25, -0.2) is 9.69 Å². The van der Waals surface area contributed by atoms with Crippen molar-refractivity contribution in [3.63, 3.8) is 0 Å². The largest absolute Gasteiger partial charge is 0.338 e. The van der Waals surface area contributed by atoms with Crippen LogP contribution in [0.4, 0.5) is 4.79 Å². The van der Waals surface area contributed by atoms with Gasteiger partial charge in [-0.05, 0) is 35.7 Å². The molecule has 4 heterocycles. The van der Waals surface area contributed by atoms with E-state index in [-0.39, 0.29) is 13.2 Å². The van der Waals surface area contributed by atoms with Crippen LogP contribution in [0.15, 0.2) is 29.0 Å². The Balaban J connectivity index is 1.31. The quantitative estimate of drug-likeness (QED) is 0.576. The number of quaternary nitrogens is 1. The second-order valence-electron chi connectivity index (χ2n) is 7.73. The predicted molar refractivity (Wildman–Crippen MR) is 106 cm³/mol. The van der Waals surface area contributed by atoms with Gasteiger partial charge in [0.25, 0.3) is 0 Å². The summed E-state index contributed by atoms with van der Waals surface area (Å²) >= 11 is 3.40. The molecule has 2 aliphatic heterocycles. The van der Waals surface area contributed by atoms with Crippen LogP contribution in [0.25, 0.3) is 0 Å². The van der Waals surface area contributed by atoms with Gasteiger partial charge in [-0.15, -0.1) is 22.7 Å². The van der Waals surface area contributed by atoms with E-state index in [1.807, 2.05) is 17.5 Å². The molecule has 0 radical (unpaired) electrons. The van der Waals surface area contributed by atoms with Crippen molar-refractivity contribution in [3.05, 3.63) is 44.3 Å². The van der Waals surface area contributed by atoms with E-state index in [9.17, 15) is 14.4 Å². The van der Waals surface area contributed by atoms with Gasteiger partial charge in [0.2, 0.25) is 0 Å². The Hall–Kier alpha value is -2.03. The van der Waals surface area contributed by atoms with Crippen LogP contribution in [0.5, 0.6) is 0 Å². The highest BCUT2D eigenvalue weighted by Crippen LogP contribution is 2.42. The van der Waals surface area contributed by atoms with E-state index in [1.54, 1.807) is 22.7 Å². The fourth-order valence-electron chi connectivity index (χ4n) is 4.44. The number of carbonyl (C=O) groups is 3. The monoisotopic (exact) mass is 416 g/mol. The molecule has 1 N–H and O–H groups in total. The van der Waals surface area contributed by atoms with Crippen molar-refractivity contribution in [1.82, 2.24) is 9.80 Å². The maximum atomic E-state index is 12.8. The Morgan fingerprint density at radius 2 is 1.86 bits per heavy atom. The zero-order valence-electron chi connectivity index (χ0n) is 15.4. The summed E-state index contributed by atoms with van der Waals surface area (Å²) in [6, 6.07) is 6.01. The van der Waals surface area contributed by atoms with Crippen molar-refractivity contribution in [1.29, 1.82) is 0 Å². The molecule has 1 unspecified atom stereocenters. The fraction of sp³-hybridized carbons (Fsp3) is 0.450. The summed E-state index contributed by atoms with van der Waals surface area (Å²) in [6.07, 6.45) is 3.97. The number of urea groups is 1. The molecule has 5 rings (SSSR count). The van der Waals surface area contributed by atoms with Crippen molar-refractivity contribution >= 4 is 40.5 Å². The van der Waals surface area contributed by atoms with Gasteiger partial charge in [-0.2, -0.15) is 0 Å². The molecule has 3 aliphatic rings. The number of nitrogens with one attached hydrogen (secondary N) is 1. The zero-order chi connectivity index (χ0) is 19.3. The van der Waals surface area contributed by atoms with Crippen molar-refractivity contribution in [2.75, 3.05) is 19.8 Å². The van der Waals surface area contributed by atoms with E-state index in [1.165, 1.54) is 33.1 Å². The fourth-order valence-corrected chi connectivity index (χ4v) is 6.07. The molecule has 146 valence electrons. The number of hydrogen-bond acceptors (Lipinski definition) is 5. The predicted octanol–water partition coefficient (Wildman–Crippen LogP) is 1.69. The molecule has 1 saturated carbocycles. The van der Waals surface area contributed by atoms with Crippen LogP contribution >= 0.6 is 22.7 Å². The first-order chi connectivity index (χ1) is 13.6. The molecule has 2 fully saturated rings. The normalized spacial score (nSPS) is 24.9. The number of imide groups is 2. The first-order valence-electron chi connectivity index (χ1n) is 9.74. The number of rotatable bonds is 6. The highest BCUT2D eigenvalue weighted by Gasteiger charge is 2.49. The third kappa shape index (κ3) is 3.09. The summed E-state index contributed by atoms with van der Waals surface area (Å²) in [5, 5.41) is 4.11. The minimum atomic E-state index is -0.683. The van der Waals surface area contributed by atoms with Crippen LogP contribution in [-0.4, -0.2) is 47.4 Å². The lowest BCUT2D eigenvalue weighted by molar-refractivity contribution is -0.943.